The van der Waals surface area contributed by atoms with Crippen LogP contribution in [0.15, 0.2) is 48.6 Å². The van der Waals surface area contributed by atoms with E-state index >= 15 is 0 Å². The van der Waals surface area contributed by atoms with E-state index in [4.69, 9.17) is 4.74 Å². The van der Waals surface area contributed by atoms with Crippen LogP contribution in [0.2, 0.25) is 0 Å². The fourth-order valence-corrected chi connectivity index (χ4v) is 10.5. The highest BCUT2D eigenvalue weighted by Crippen LogP contribution is 2.17. The van der Waals surface area contributed by atoms with Crippen molar-refractivity contribution in [1.29, 1.82) is 0 Å². The second-order valence-corrected chi connectivity index (χ2v) is 23.5. The summed E-state index contributed by atoms with van der Waals surface area (Å²) in [5.74, 6) is -0.0702. The fourth-order valence-electron chi connectivity index (χ4n) is 10.5. The topological polar surface area (TPSA) is 95.9 Å². The standard InChI is InChI=1S/C71H133NO5/c1-3-5-7-9-11-13-15-17-19-21-28-33-37-41-45-49-53-57-61-65-71(76)77-66-62-58-54-50-46-42-38-34-30-27-25-23-24-26-29-32-36-40-44-48-52-56-60-64-70(75)72-68(67-73)69(74)63-59-55-51-47-43-39-35-31-22-20-18-16-14-12-10-8-6-4-2/h17,19,23,25-26,29,59,63,68-69,73-74H,3-16,18,20-22,24,27-28,30-58,60-62,64-67H2,1-2H3,(H,72,75)/b19-17-,25-23-,29-26-,63-59+. The van der Waals surface area contributed by atoms with Crippen LogP contribution in [0, 0.1) is 0 Å². The summed E-state index contributed by atoms with van der Waals surface area (Å²) >= 11 is 0. The minimum atomic E-state index is -0.852. The Labute approximate surface area is 480 Å². The summed E-state index contributed by atoms with van der Waals surface area (Å²) in [4.78, 5) is 24.6. The summed E-state index contributed by atoms with van der Waals surface area (Å²) in [7, 11) is 0. The largest absolute Gasteiger partial charge is 0.466 e. The maximum absolute atomic E-state index is 12.5. The lowest BCUT2D eigenvalue weighted by molar-refractivity contribution is -0.143. The number of esters is 1. The van der Waals surface area contributed by atoms with Gasteiger partial charge in [0.1, 0.15) is 0 Å². The van der Waals surface area contributed by atoms with Crippen LogP contribution in [0.5, 0.6) is 0 Å². The first-order valence-corrected chi connectivity index (χ1v) is 34.4. The molecular formula is C71H133NO5. The van der Waals surface area contributed by atoms with Crippen LogP contribution in [0.1, 0.15) is 367 Å². The second-order valence-electron chi connectivity index (χ2n) is 23.5. The fraction of sp³-hybridized carbons (Fsp3) is 0.859. The molecule has 0 spiro atoms. The molecule has 0 saturated carbocycles. The van der Waals surface area contributed by atoms with Crippen LogP contribution in [0.4, 0.5) is 0 Å². The highest BCUT2D eigenvalue weighted by molar-refractivity contribution is 5.76. The number of allylic oxidation sites excluding steroid dienone is 7. The van der Waals surface area contributed by atoms with Gasteiger partial charge in [0.05, 0.1) is 25.4 Å². The summed E-state index contributed by atoms with van der Waals surface area (Å²) in [6, 6.07) is -0.637. The van der Waals surface area contributed by atoms with Crippen LogP contribution in [0.3, 0.4) is 0 Å². The molecule has 0 aromatic carbocycles. The van der Waals surface area contributed by atoms with Crippen LogP contribution in [-0.2, 0) is 14.3 Å². The van der Waals surface area contributed by atoms with Gasteiger partial charge in [-0.25, -0.2) is 0 Å². The van der Waals surface area contributed by atoms with Gasteiger partial charge in [-0.3, -0.25) is 9.59 Å². The smallest absolute Gasteiger partial charge is 0.305 e. The minimum Gasteiger partial charge on any atom is -0.466 e. The number of aliphatic hydroxyl groups is 2. The number of aliphatic hydroxyl groups excluding tert-OH is 2. The van der Waals surface area contributed by atoms with Crippen LogP contribution < -0.4 is 5.32 Å². The molecule has 6 nitrogen and oxygen atoms in total. The number of carbonyl (C=O) groups excluding carboxylic acids is 2. The van der Waals surface area contributed by atoms with Crippen molar-refractivity contribution in [1.82, 2.24) is 5.32 Å². The maximum atomic E-state index is 12.5. The number of nitrogens with one attached hydrogen (secondary N) is 1. The van der Waals surface area contributed by atoms with Crippen molar-refractivity contribution >= 4 is 11.9 Å². The molecule has 0 rings (SSSR count). The van der Waals surface area contributed by atoms with E-state index in [1.807, 2.05) is 6.08 Å². The molecule has 0 radical (unpaired) electrons. The van der Waals surface area contributed by atoms with E-state index in [1.165, 1.54) is 276 Å². The summed E-state index contributed by atoms with van der Waals surface area (Å²) in [6.45, 7) is 4.91. The molecule has 0 heterocycles. The van der Waals surface area contributed by atoms with E-state index in [1.54, 1.807) is 6.08 Å². The van der Waals surface area contributed by atoms with Gasteiger partial charge in [0.25, 0.3) is 0 Å². The Hall–Kier alpha value is -2.18. The maximum Gasteiger partial charge on any atom is 0.305 e. The molecule has 0 aliphatic carbocycles. The molecule has 0 aromatic heterocycles. The van der Waals surface area contributed by atoms with Gasteiger partial charge in [-0.2, -0.15) is 0 Å². The number of carbonyl (C=O) groups is 2. The molecule has 0 saturated heterocycles. The normalized spacial score (nSPS) is 12.8. The first-order chi connectivity index (χ1) is 38.0. The third-order valence-corrected chi connectivity index (χ3v) is 15.8. The lowest BCUT2D eigenvalue weighted by Gasteiger charge is -2.20. The van der Waals surface area contributed by atoms with Crippen molar-refractivity contribution in [3.63, 3.8) is 0 Å². The molecule has 3 N–H and O–H groups in total. The quantitative estimate of drug-likeness (QED) is 0.0320. The van der Waals surface area contributed by atoms with Gasteiger partial charge in [-0.15, -0.1) is 0 Å². The van der Waals surface area contributed by atoms with Gasteiger partial charge < -0.3 is 20.3 Å². The molecule has 452 valence electrons. The van der Waals surface area contributed by atoms with Gasteiger partial charge in [0.2, 0.25) is 5.91 Å². The van der Waals surface area contributed by atoms with Crippen molar-refractivity contribution in [3.05, 3.63) is 48.6 Å². The third-order valence-electron chi connectivity index (χ3n) is 15.8. The summed E-state index contributed by atoms with van der Waals surface area (Å²) in [6.07, 6.45) is 86.0. The van der Waals surface area contributed by atoms with Crippen molar-refractivity contribution in [3.8, 4) is 0 Å². The number of rotatable bonds is 64. The van der Waals surface area contributed by atoms with E-state index < -0.39 is 12.1 Å². The van der Waals surface area contributed by atoms with Crippen molar-refractivity contribution in [2.75, 3.05) is 13.2 Å². The number of unbranched alkanes of at least 4 members (excludes halogenated alkanes) is 47. The number of ether oxygens (including phenoxy) is 1. The highest BCUT2D eigenvalue weighted by Gasteiger charge is 2.18. The number of amides is 1. The van der Waals surface area contributed by atoms with E-state index in [0.717, 1.165) is 64.2 Å². The molecule has 2 unspecified atom stereocenters. The lowest BCUT2D eigenvalue weighted by atomic mass is 10.0. The molecule has 0 bridgehead atoms. The first kappa shape index (κ1) is 74.8. The third kappa shape index (κ3) is 62.9. The van der Waals surface area contributed by atoms with E-state index in [9.17, 15) is 19.8 Å². The SMILES string of the molecule is CCCCCCCC/C=C\CCCCCCCCCCCC(=O)OCCCCCCCCCCC/C=C\C/C=C\CCCCCCCCCC(=O)NC(CO)C(O)/C=C/CCCCCCCCCCCCCCCCCC. The zero-order chi connectivity index (χ0) is 55.7. The summed E-state index contributed by atoms with van der Waals surface area (Å²) in [5, 5.41) is 23.2. The predicted molar refractivity (Wildman–Crippen MR) is 338 cm³/mol. The van der Waals surface area contributed by atoms with E-state index in [-0.39, 0.29) is 18.5 Å². The number of hydrogen-bond donors (Lipinski definition) is 3. The zero-order valence-corrected chi connectivity index (χ0v) is 51.7. The van der Waals surface area contributed by atoms with Crippen molar-refractivity contribution in [2.45, 2.75) is 379 Å². The molecule has 0 aliphatic heterocycles. The average Bonchev–Trinajstić information content (AvgIpc) is 3.43. The zero-order valence-electron chi connectivity index (χ0n) is 51.7. The Balaban J connectivity index is 3.46. The van der Waals surface area contributed by atoms with Crippen LogP contribution in [0.25, 0.3) is 0 Å². The Kier molecular flexibility index (Phi) is 64.5. The monoisotopic (exact) mass is 1080 g/mol. The molecule has 0 fully saturated rings. The molecule has 77 heavy (non-hydrogen) atoms. The summed E-state index contributed by atoms with van der Waals surface area (Å²) in [5.41, 5.74) is 0. The van der Waals surface area contributed by atoms with Crippen LogP contribution in [-0.4, -0.2) is 47.4 Å². The van der Waals surface area contributed by atoms with Gasteiger partial charge in [0.15, 0.2) is 0 Å². The van der Waals surface area contributed by atoms with Gasteiger partial charge in [0, 0.05) is 12.8 Å². The Morgan fingerprint density at radius 3 is 1.00 bits per heavy atom. The van der Waals surface area contributed by atoms with Gasteiger partial charge in [-0.1, -0.05) is 313 Å². The average molecular weight is 1080 g/mol. The molecule has 1 amide bonds. The van der Waals surface area contributed by atoms with E-state index in [2.05, 4.69) is 55.6 Å². The second kappa shape index (κ2) is 66.3. The molecule has 6 heteroatoms. The first-order valence-electron chi connectivity index (χ1n) is 34.4. The Morgan fingerprint density at radius 2 is 0.649 bits per heavy atom. The molecular weight excluding hydrogens is 947 g/mol. The highest BCUT2D eigenvalue weighted by atomic mass is 16.5. The van der Waals surface area contributed by atoms with Crippen molar-refractivity contribution < 1.29 is 24.5 Å². The summed E-state index contributed by atoms with van der Waals surface area (Å²) < 4.78 is 5.50. The Morgan fingerprint density at radius 1 is 0.364 bits per heavy atom. The molecule has 2 atom stereocenters. The van der Waals surface area contributed by atoms with Crippen molar-refractivity contribution in [2.24, 2.45) is 0 Å². The predicted octanol–water partition coefficient (Wildman–Crippen LogP) is 22.1. The lowest BCUT2D eigenvalue weighted by Crippen LogP contribution is -2.45. The Bertz CT molecular complexity index is 1290. The molecule has 0 aromatic rings. The van der Waals surface area contributed by atoms with Crippen LogP contribution >= 0.6 is 0 Å². The minimum absolute atomic E-state index is 0.00627. The number of hydrogen-bond acceptors (Lipinski definition) is 5. The van der Waals surface area contributed by atoms with E-state index in [0.29, 0.717) is 19.4 Å². The molecule has 0 aliphatic rings. The van der Waals surface area contributed by atoms with Gasteiger partial charge >= 0.3 is 5.97 Å². The van der Waals surface area contributed by atoms with Gasteiger partial charge in [-0.05, 0) is 89.9 Å².